The fourth-order valence-corrected chi connectivity index (χ4v) is 3.81. The number of hydrogen-bond acceptors (Lipinski definition) is 5. The Kier molecular flexibility index (Phi) is 6.33. The van der Waals surface area contributed by atoms with E-state index in [-0.39, 0.29) is 23.8 Å². The van der Waals surface area contributed by atoms with Gasteiger partial charge in [0.15, 0.2) is 11.6 Å². The number of rotatable bonds is 8. The van der Waals surface area contributed by atoms with Gasteiger partial charge >= 0.3 is 0 Å². The number of anilines is 1. The molecule has 2 aromatic carbocycles. The Labute approximate surface area is 169 Å². The smallest absolute Gasteiger partial charge is 0.235 e. The van der Waals surface area contributed by atoms with E-state index in [9.17, 15) is 12.8 Å². The number of ether oxygens (including phenoxy) is 2. The van der Waals surface area contributed by atoms with Crippen LogP contribution in [0.15, 0.2) is 67.0 Å². The number of pyridine rings is 1. The van der Waals surface area contributed by atoms with Gasteiger partial charge in [-0.2, -0.15) is 0 Å². The van der Waals surface area contributed by atoms with E-state index >= 15 is 0 Å². The SMILES string of the molecule is CCS(=O)(=O)N(Cc1cccnc1)c1ccc(Oc2c(F)cccc2OC)cc1. The topological polar surface area (TPSA) is 68.7 Å². The maximum Gasteiger partial charge on any atom is 0.235 e. The van der Waals surface area contributed by atoms with Crippen molar-refractivity contribution in [3.8, 4) is 17.2 Å². The van der Waals surface area contributed by atoms with Gasteiger partial charge in [0.2, 0.25) is 15.8 Å². The summed E-state index contributed by atoms with van der Waals surface area (Å²) in [6.07, 6.45) is 3.26. The van der Waals surface area contributed by atoms with Crippen LogP contribution in [0.4, 0.5) is 10.1 Å². The van der Waals surface area contributed by atoms with Gasteiger partial charge in [0.05, 0.1) is 25.1 Å². The van der Waals surface area contributed by atoms with E-state index in [0.717, 1.165) is 5.56 Å². The first-order chi connectivity index (χ1) is 13.9. The molecule has 1 aromatic heterocycles. The lowest BCUT2D eigenvalue weighted by Crippen LogP contribution is -2.31. The van der Waals surface area contributed by atoms with Crippen LogP contribution in [-0.2, 0) is 16.6 Å². The molecule has 0 aliphatic carbocycles. The quantitative estimate of drug-likeness (QED) is 0.545. The lowest BCUT2D eigenvalue weighted by Gasteiger charge is -2.24. The number of hydrogen-bond donors (Lipinski definition) is 0. The minimum Gasteiger partial charge on any atom is -0.493 e. The molecular formula is C21H21FN2O4S. The van der Waals surface area contributed by atoms with Gasteiger partial charge in [-0.3, -0.25) is 9.29 Å². The van der Waals surface area contributed by atoms with E-state index in [1.807, 2.05) is 6.07 Å². The average molecular weight is 416 g/mol. The first kappa shape index (κ1) is 20.6. The minimum atomic E-state index is -3.52. The molecule has 3 rings (SSSR count). The molecule has 0 saturated heterocycles. The number of benzene rings is 2. The molecule has 0 radical (unpaired) electrons. The third-order valence-electron chi connectivity index (χ3n) is 4.24. The highest BCUT2D eigenvalue weighted by Crippen LogP contribution is 2.34. The van der Waals surface area contributed by atoms with Crippen LogP contribution < -0.4 is 13.8 Å². The number of aromatic nitrogens is 1. The van der Waals surface area contributed by atoms with Crippen molar-refractivity contribution in [3.05, 3.63) is 78.4 Å². The second kappa shape index (κ2) is 8.91. The summed E-state index contributed by atoms with van der Waals surface area (Å²) in [5.74, 6) is -0.0117. The van der Waals surface area contributed by atoms with Crippen LogP contribution in [0.2, 0.25) is 0 Å². The van der Waals surface area contributed by atoms with Crippen molar-refractivity contribution in [1.29, 1.82) is 0 Å². The van der Waals surface area contributed by atoms with Gasteiger partial charge in [-0.15, -0.1) is 0 Å². The fourth-order valence-electron chi connectivity index (χ4n) is 2.71. The monoisotopic (exact) mass is 416 g/mol. The second-order valence-electron chi connectivity index (χ2n) is 6.14. The molecule has 3 aromatic rings. The van der Waals surface area contributed by atoms with Crippen molar-refractivity contribution in [2.45, 2.75) is 13.5 Å². The first-order valence-corrected chi connectivity index (χ1v) is 10.5. The molecule has 0 atom stereocenters. The summed E-state index contributed by atoms with van der Waals surface area (Å²) in [4.78, 5) is 4.04. The largest absolute Gasteiger partial charge is 0.493 e. The number of nitrogens with zero attached hydrogens (tertiary/aromatic N) is 2. The summed E-state index contributed by atoms with van der Waals surface area (Å²) in [5, 5.41) is 0. The molecule has 0 aliphatic rings. The predicted molar refractivity (Wildman–Crippen MR) is 109 cm³/mol. The Balaban J connectivity index is 1.88. The molecule has 29 heavy (non-hydrogen) atoms. The molecule has 0 aliphatic heterocycles. The highest BCUT2D eigenvalue weighted by molar-refractivity contribution is 7.92. The highest BCUT2D eigenvalue weighted by Gasteiger charge is 2.21. The molecule has 0 saturated carbocycles. The maximum atomic E-state index is 14.1. The normalized spacial score (nSPS) is 11.1. The zero-order valence-electron chi connectivity index (χ0n) is 16.1. The average Bonchev–Trinajstić information content (AvgIpc) is 2.75. The lowest BCUT2D eigenvalue weighted by atomic mass is 10.2. The predicted octanol–water partition coefficient (Wildman–Crippen LogP) is 4.38. The van der Waals surface area contributed by atoms with E-state index in [2.05, 4.69) is 4.98 Å². The van der Waals surface area contributed by atoms with Gasteiger partial charge < -0.3 is 9.47 Å². The van der Waals surface area contributed by atoms with Crippen molar-refractivity contribution in [2.24, 2.45) is 0 Å². The molecule has 0 amide bonds. The molecule has 1 heterocycles. The Morgan fingerprint density at radius 3 is 2.45 bits per heavy atom. The Hall–Kier alpha value is -3.13. The lowest BCUT2D eigenvalue weighted by molar-refractivity contribution is 0.364. The Bertz CT molecular complexity index is 1060. The fraction of sp³-hybridized carbons (Fsp3) is 0.190. The summed E-state index contributed by atoms with van der Waals surface area (Å²) in [7, 11) is -2.09. The van der Waals surface area contributed by atoms with Crippen molar-refractivity contribution in [3.63, 3.8) is 0 Å². The summed E-state index contributed by atoms with van der Waals surface area (Å²) in [6, 6.07) is 14.4. The van der Waals surface area contributed by atoms with E-state index in [1.165, 1.54) is 23.5 Å². The summed E-state index contributed by atoms with van der Waals surface area (Å²) in [6.45, 7) is 1.75. The van der Waals surface area contributed by atoms with Gasteiger partial charge in [-0.05, 0) is 55.0 Å². The van der Waals surface area contributed by atoms with Gasteiger partial charge in [-0.1, -0.05) is 12.1 Å². The van der Waals surface area contributed by atoms with E-state index in [0.29, 0.717) is 11.4 Å². The number of para-hydroxylation sites is 1. The van der Waals surface area contributed by atoms with Crippen LogP contribution in [0.3, 0.4) is 0 Å². The summed E-state index contributed by atoms with van der Waals surface area (Å²) < 4.78 is 51.4. The van der Waals surface area contributed by atoms with E-state index in [4.69, 9.17) is 9.47 Å². The highest BCUT2D eigenvalue weighted by atomic mass is 32.2. The van der Waals surface area contributed by atoms with Crippen LogP contribution in [0, 0.1) is 5.82 Å². The van der Waals surface area contributed by atoms with Crippen LogP contribution >= 0.6 is 0 Å². The Morgan fingerprint density at radius 2 is 1.83 bits per heavy atom. The summed E-state index contributed by atoms with van der Waals surface area (Å²) >= 11 is 0. The van der Waals surface area contributed by atoms with Crippen molar-refractivity contribution >= 4 is 15.7 Å². The van der Waals surface area contributed by atoms with Crippen LogP contribution in [0.1, 0.15) is 12.5 Å². The van der Waals surface area contributed by atoms with Gasteiger partial charge in [0.1, 0.15) is 5.75 Å². The third kappa shape index (κ3) is 4.83. The van der Waals surface area contributed by atoms with Crippen molar-refractivity contribution in [1.82, 2.24) is 4.98 Å². The van der Waals surface area contributed by atoms with Crippen LogP contribution in [0.25, 0.3) is 0 Å². The zero-order valence-corrected chi connectivity index (χ0v) is 16.9. The maximum absolute atomic E-state index is 14.1. The van der Waals surface area contributed by atoms with Crippen LogP contribution in [-0.4, -0.2) is 26.3 Å². The van der Waals surface area contributed by atoms with Gasteiger partial charge in [0, 0.05) is 12.4 Å². The van der Waals surface area contributed by atoms with E-state index < -0.39 is 15.8 Å². The zero-order chi connectivity index (χ0) is 20.9. The van der Waals surface area contributed by atoms with Crippen LogP contribution in [0.5, 0.6) is 17.2 Å². The molecule has 8 heteroatoms. The summed E-state index contributed by atoms with van der Waals surface area (Å²) in [5.41, 5.74) is 1.24. The number of halogens is 1. The molecule has 152 valence electrons. The third-order valence-corrected chi connectivity index (χ3v) is 5.99. The van der Waals surface area contributed by atoms with E-state index in [1.54, 1.807) is 55.7 Å². The molecule has 0 spiro atoms. The Morgan fingerprint density at radius 1 is 1.07 bits per heavy atom. The molecule has 6 nitrogen and oxygen atoms in total. The van der Waals surface area contributed by atoms with Crippen molar-refractivity contribution < 1.29 is 22.3 Å². The standard InChI is InChI=1S/C21H21FN2O4S/c1-3-29(25,26)24(15-16-6-5-13-23-14-16)17-9-11-18(12-10-17)28-21-19(22)7-4-8-20(21)27-2/h4-14H,3,15H2,1-2H3. The molecule has 0 unspecified atom stereocenters. The number of sulfonamides is 1. The van der Waals surface area contributed by atoms with Gasteiger partial charge in [-0.25, -0.2) is 12.8 Å². The number of methoxy groups -OCH3 is 1. The molecule has 0 fully saturated rings. The first-order valence-electron chi connectivity index (χ1n) is 8.94. The molecule has 0 bridgehead atoms. The van der Waals surface area contributed by atoms with Crippen molar-refractivity contribution in [2.75, 3.05) is 17.2 Å². The molecular weight excluding hydrogens is 395 g/mol. The minimum absolute atomic E-state index is 0.0313. The second-order valence-corrected chi connectivity index (χ2v) is 8.32. The molecule has 0 N–H and O–H groups in total. The van der Waals surface area contributed by atoms with Gasteiger partial charge in [0.25, 0.3) is 0 Å².